The Hall–Kier alpha value is -1.10. The highest BCUT2D eigenvalue weighted by molar-refractivity contribution is 6.30. The van der Waals surface area contributed by atoms with Crippen LogP contribution in [0.15, 0.2) is 24.3 Å². The highest BCUT2D eigenvalue weighted by atomic mass is 35.5. The predicted octanol–water partition coefficient (Wildman–Crippen LogP) is 1.75. The number of carboxylic acid groups (broad SMARTS) is 1. The number of nitrogens with two attached hydrogens (primary N) is 1. The van der Waals surface area contributed by atoms with E-state index >= 15 is 0 Å². The molecule has 1 rings (SSSR count). The van der Waals surface area contributed by atoms with Gasteiger partial charge in [-0.25, -0.2) is 5.90 Å². The minimum atomic E-state index is -0.963. The third-order valence-corrected chi connectivity index (χ3v) is 2.02. The molecule has 0 aliphatic carbocycles. The quantitative estimate of drug-likeness (QED) is 0.751. The van der Waals surface area contributed by atoms with Gasteiger partial charge in [-0.3, -0.25) is 9.63 Å². The van der Waals surface area contributed by atoms with Crippen LogP contribution in [0, 0.1) is 0 Å². The molecular weight excluding hydrogens is 206 g/mol. The third-order valence-electron chi connectivity index (χ3n) is 1.77. The molecule has 0 heterocycles. The van der Waals surface area contributed by atoms with Gasteiger partial charge in [0.15, 0.2) is 0 Å². The van der Waals surface area contributed by atoms with Crippen LogP contribution in [0.2, 0.25) is 5.02 Å². The fourth-order valence-corrected chi connectivity index (χ4v) is 1.21. The maximum absolute atomic E-state index is 10.4. The van der Waals surface area contributed by atoms with Crippen molar-refractivity contribution in [3.8, 4) is 0 Å². The monoisotopic (exact) mass is 215 g/mol. The molecule has 4 nitrogen and oxygen atoms in total. The van der Waals surface area contributed by atoms with E-state index in [2.05, 4.69) is 4.84 Å². The van der Waals surface area contributed by atoms with Gasteiger partial charge in [0.1, 0.15) is 6.10 Å². The van der Waals surface area contributed by atoms with E-state index in [4.69, 9.17) is 22.6 Å². The summed E-state index contributed by atoms with van der Waals surface area (Å²) in [6.45, 7) is 0. The largest absolute Gasteiger partial charge is 0.481 e. The Kier molecular flexibility index (Phi) is 3.88. The Labute approximate surface area is 86.2 Å². The fourth-order valence-electron chi connectivity index (χ4n) is 1.08. The minimum Gasteiger partial charge on any atom is -0.481 e. The maximum Gasteiger partial charge on any atom is 0.306 e. The zero-order valence-corrected chi connectivity index (χ0v) is 8.07. The van der Waals surface area contributed by atoms with Crippen LogP contribution >= 0.6 is 11.6 Å². The number of aliphatic carboxylic acids is 1. The first-order valence-electron chi connectivity index (χ1n) is 3.96. The topological polar surface area (TPSA) is 72.5 Å². The first kappa shape index (κ1) is 11.0. The molecule has 0 spiro atoms. The molecule has 0 radical (unpaired) electrons. The molecule has 0 aromatic heterocycles. The molecule has 1 aromatic carbocycles. The Balaban J connectivity index is 2.78. The molecule has 14 heavy (non-hydrogen) atoms. The van der Waals surface area contributed by atoms with Crippen molar-refractivity contribution >= 4 is 17.6 Å². The van der Waals surface area contributed by atoms with Crippen molar-refractivity contribution in [3.05, 3.63) is 34.9 Å². The third kappa shape index (κ3) is 2.99. The van der Waals surface area contributed by atoms with Crippen LogP contribution in [0.25, 0.3) is 0 Å². The Bertz CT molecular complexity index is 312. The van der Waals surface area contributed by atoms with E-state index in [0.717, 1.165) is 0 Å². The Morgan fingerprint density at radius 1 is 1.50 bits per heavy atom. The molecule has 76 valence electrons. The number of hydrogen-bond donors (Lipinski definition) is 2. The predicted molar refractivity (Wildman–Crippen MR) is 51.7 cm³/mol. The summed E-state index contributed by atoms with van der Waals surface area (Å²) in [7, 11) is 0. The molecule has 0 saturated carbocycles. The van der Waals surface area contributed by atoms with Gasteiger partial charge in [0.25, 0.3) is 0 Å². The molecule has 3 N–H and O–H groups in total. The second-order valence-electron chi connectivity index (χ2n) is 2.77. The molecule has 5 heteroatoms. The van der Waals surface area contributed by atoms with Crippen LogP contribution in [0.3, 0.4) is 0 Å². The van der Waals surface area contributed by atoms with Crippen LogP contribution < -0.4 is 5.90 Å². The number of hydrogen-bond acceptors (Lipinski definition) is 3. The lowest BCUT2D eigenvalue weighted by molar-refractivity contribution is -0.140. The number of carboxylic acids is 1. The van der Waals surface area contributed by atoms with Crippen molar-refractivity contribution in [1.82, 2.24) is 0 Å². The SMILES string of the molecule is NOC(CC(=O)O)c1ccc(Cl)cc1. The lowest BCUT2D eigenvalue weighted by atomic mass is 10.1. The van der Waals surface area contributed by atoms with Crippen LogP contribution in [-0.4, -0.2) is 11.1 Å². The van der Waals surface area contributed by atoms with E-state index in [1.807, 2.05) is 0 Å². The van der Waals surface area contributed by atoms with Crippen LogP contribution in [0.1, 0.15) is 18.1 Å². The molecule has 0 aliphatic rings. The average molecular weight is 216 g/mol. The number of benzene rings is 1. The first-order chi connectivity index (χ1) is 6.63. The summed E-state index contributed by atoms with van der Waals surface area (Å²) in [6, 6.07) is 6.68. The van der Waals surface area contributed by atoms with Crippen LogP contribution in [0.5, 0.6) is 0 Å². The molecule has 1 aromatic rings. The van der Waals surface area contributed by atoms with Gasteiger partial charge < -0.3 is 5.11 Å². The highest BCUT2D eigenvalue weighted by Gasteiger charge is 2.14. The first-order valence-corrected chi connectivity index (χ1v) is 4.34. The van der Waals surface area contributed by atoms with Crippen molar-refractivity contribution in [3.63, 3.8) is 0 Å². The lowest BCUT2D eigenvalue weighted by Gasteiger charge is -2.12. The zero-order chi connectivity index (χ0) is 10.6. The van der Waals surface area contributed by atoms with Crippen molar-refractivity contribution in [2.45, 2.75) is 12.5 Å². The fraction of sp³-hybridized carbons (Fsp3) is 0.222. The normalized spacial score (nSPS) is 12.4. The smallest absolute Gasteiger partial charge is 0.306 e. The van der Waals surface area contributed by atoms with Crippen molar-refractivity contribution in [2.75, 3.05) is 0 Å². The number of carbonyl (C=O) groups is 1. The molecule has 1 atom stereocenters. The van der Waals surface area contributed by atoms with E-state index in [0.29, 0.717) is 10.6 Å². The Morgan fingerprint density at radius 3 is 2.50 bits per heavy atom. The van der Waals surface area contributed by atoms with E-state index < -0.39 is 12.1 Å². The molecule has 0 amide bonds. The summed E-state index contributed by atoms with van der Waals surface area (Å²) >= 11 is 5.68. The van der Waals surface area contributed by atoms with Gasteiger partial charge in [0.2, 0.25) is 0 Å². The Morgan fingerprint density at radius 2 is 2.07 bits per heavy atom. The van der Waals surface area contributed by atoms with E-state index in [9.17, 15) is 4.79 Å². The molecule has 0 fully saturated rings. The van der Waals surface area contributed by atoms with Crippen molar-refractivity contribution in [2.24, 2.45) is 5.90 Å². The van der Waals surface area contributed by atoms with Gasteiger partial charge in [-0.1, -0.05) is 23.7 Å². The second kappa shape index (κ2) is 4.95. The summed E-state index contributed by atoms with van der Waals surface area (Å²) in [5.74, 6) is 4.03. The summed E-state index contributed by atoms with van der Waals surface area (Å²) in [5, 5.41) is 9.15. The van der Waals surface area contributed by atoms with Gasteiger partial charge in [-0.2, -0.15) is 0 Å². The maximum atomic E-state index is 10.4. The van der Waals surface area contributed by atoms with Gasteiger partial charge >= 0.3 is 5.97 Å². The van der Waals surface area contributed by atoms with Crippen molar-refractivity contribution < 1.29 is 14.7 Å². The number of halogens is 1. The summed E-state index contributed by atoms with van der Waals surface area (Å²) in [5.41, 5.74) is 0.694. The average Bonchev–Trinajstić information content (AvgIpc) is 2.15. The zero-order valence-electron chi connectivity index (χ0n) is 7.31. The van der Waals surface area contributed by atoms with Crippen LogP contribution in [-0.2, 0) is 9.63 Å². The van der Waals surface area contributed by atoms with E-state index in [-0.39, 0.29) is 6.42 Å². The number of rotatable bonds is 4. The minimum absolute atomic E-state index is 0.169. The molecule has 0 aliphatic heterocycles. The van der Waals surface area contributed by atoms with Gasteiger partial charge in [-0.15, -0.1) is 0 Å². The summed E-state index contributed by atoms with van der Waals surface area (Å²) < 4.78 is 0. The van der Waals surface area contributed by atoms with Gasteiger partial charge in [0, 0.05) is 5.02 Å². The molecule has 0 bridgehead atoms. The van der Waals surface area contributed by atoms with Crippen LogP contribution in [0.4, 0.5) is 0 Å². The van der Waals surface area contributed by atoms with E-state index in [1.165, 1.54) is 0 Å². The van der Waals surface area contributed by atoms with Crippen molar-refractivity contribution in [1.29, 1.82) is 0 Å². The van der Waals surface area contributed by atoms with Gasteiger partial charge in [-0.05, 0) is 17.7 Å². The second-order valence-corrected chi connectivity index (χ2v) is 3.21. The molecule has 0 saturated heterocycles. The summed E-state index contributed by atoms with van der Waals surface area (Å²) in [4.78, 5) is 15.0. The van der Waals surface area contributed by atoms with Gasteiger partial charge in [0.05, 0.1) is 6.42 Å². The standard InChI is InChI=1S/C9H10ClNO3/c10-7-3-1-6(2-4-7)8(14-11)5-9(12)13/h1-4,8H,5,11H2,(H,12,13). The lowest BCUT2D eigenvalue weighted by Crippen LogP contribution is -2.13. The highest BCUT2D eigenvalue weighted by Crippen LogP contribution is 2.21. The summed E-state index contributed by atoms with van der Waals surface area (Å²) in [6.07, 6.45) is -0.803. The molecular formula is C9H10ClNO3. The molecule has 1 unspecified atom stereocenters. The van der Waals surface area contributed by atoms with E-state index in [1.54, 1.807) is 24.3 Å².